The molecule has 0 radical (unpaired) electrons. The number of aromatic amines is 1. The van der Waals surface area contributed by atoms with Crippen LogP contribution in [0.3, 0.4) is 0 Å². The minimum atomic E-state index is -0.707. The lowest BCUT2D eigenvalue weighted by atomic mass is 9.91. The van der Waals surface area contributed by atoms with Gasteiger partial charge in [0, 0.05) is 30.4 Å². The van der Waals surface area contributed by atoms with Gasteiger partial charge in [0.25, 0.3) is 0 Å². The van der Waals surface area contributed by atoms with Gasteiger partial charge in [-0.15, -0.1) is 16.4 Å². The summed E-state index contributed by atoms with van der Waals surface area (Å²) in [4.78, 5) is 24.5. The van der Waals surface area contributed by atoms with Gasteiger partial charge in [-0.2, -0.15) is 10.1 Å². The molecule has 0 spiro atoms. The molecule has 0 unspecified atom stereocenters. The molecule has 2 N–H and O–H groups in total. The Labute approximate surface area is 199 Å². The number of carbonyl (C=O) groups excluding carboxylic acids is 1. The second-order valence-electron chi connectivity index (χ2n) is 8.89. The maximum atomic E-state index is 13.4. The predicted octanol–water partition coefficient (Wildman–Crippen LogP) is 4.35. The number of ketones is 1. The van der Waals surface area contributed by atoms with E-state index in [4.69, 9.17) is 21.7 Å². The molecule has 1 saturated heterocycles. The summed E-state index contributed by atoms with van der Waals surface area (Å²) in [5, 5.41) is 16.3. The first-order valence-corrected chi connectivity index (χ1v) is 12.3. The highest BCUT2D eigenvalue weighted by molar-refractivity contribution is 7.15. The smallest absolute Gasteiger partial charge is 0.246 e. The topological polar surface area (TPSA) is 104 Å². The highest BCUT2D eigenvalue weighted by Gasteiger charge is 2.44. The van der Waals surface area contributed by atoms with Crippen molar-refractivity contribution in [2.75, 3.05) is 16.8 Å². The van der Waals surface area contributed by atoms with Crippen LogP contribution in [-0.4, -0.2) is 47.6 Å². The number of Topliss-reactive ketones (excluding diaryl/α,β-unsaturated/α-hetero) is 1. The van der Waals surface area contributed by atoms with Crippen LogP contribution in [0.4, 0.5) is 17.6 Å². The van der Waals surface area contributed by atoms with Gasteiger partial charge in [0.05, 0.1) is 18.2 Å². The summed E-state index contributed by atoms with van der Waals surface area (Å²) in [7, 11) is 0. The van der Waals surface area contributed by atoms with Crippen LogP contribution >= 0.6 is 22.9 Å². The fraction of sp³-hybridized carbons (Fsp3) is 0.409. The molecule has 1 aliphatic carbocycles. The normalized spacial score (nSPS) is 20.6. The monoisotopic (exact) mass is 482 g/mol. The van der Waals surface area contributed by atoms with Crippen LogP contribution in [0.1, 0.15) is 49.2 Å². The third-order valence-corrected chi connectivity index (χ3v) is 7.68. The maximum Gasteiger partial charge on any atom is 0.246 e. The summed E-state index contributed by atoms with van der Waals surface area (Å²) >= 11 is 7.36. The zero-order chi connectivity index (χ0) is 22.6. The highest BCUT2D eigenvalue weighted by atomic mass is 35.5. The molecule has 9 nitrogen and oxygen atoms in total. The Morgan fingerprint density at radius 3 is 3.09 bits per heavy atom. The maximum absolute atomic E-state index is 13.4. The van der Waals surface area contributed by atoms with E-state index in [-0.39, 0.29) is 12.2 Å². The Morgan fingerprint density at radius 2 is 2.30 bits per heavy atom. The quantitative estimate of drug-likeness (QED) is 0.403. The number of nitrogens with one attached hydrogen (secondary N) is 2. The first-order valence-electron chi connectivity index (χ1n) is 11.1. The Bertz CT molecular complexity index is 1340. The van der Waals surface area contributed by atoms with E-state index in [9.17, 15) is 4.79 Å². The summed E-state index contributed by atoms with van der Waals surface area (Å²) < 4.78 is 2.38. The van der Waals surface area contributed by atoms with Gasteiger partial charge < -0.3 is 10.2 Å². The molecular formula is C22H23ClN8OS. The lowest BCUT2D eigenvalue weighted by molar-refractivity contribution is -0.122. The van der Waals surface area contributed by atoms with E-state index in [1.165, 1.54) is 24.2 Å². The van der Waals surface area contributed by atoms with Gasteiger partial charge in [-0.3, -0.25) is 9.89 Å². The van der Waals surface area contributed by atoms with E-state index in [2.05, 4.69) is 20.5 Å². The molecule has 4 aromatic heterocycles. The van der Waals surface area contributed by atoms with Crippen LogP contribution in [0, 0.1) is 0 Å². The summed E-state index contributed by atoms with van der Waals surface area (Å²) in [6.45, 7) is 2.69. The number of halogens is 1. The molecule has 0 aromatic carbocycles. The summed E-state index contributed by atoms with van der Waals surface area (Å²) in [6, 6.07) is 5.93. The van der Waals surface area contributed by atoms with Gasteiger partial charge >= 0.3 is 0 Å². The molecule has 1 atom stereocenters. The number of carbonyl (C=O) groups is 1. The Hall–Kier alpha value is -2.98. The predicted molar refractivity (Wildman–Crippen MR) is 128 cm³/mol. The van der Waals surface area contributed by atoms with Crippen molar-refractivity contribution in [1.82, 2.24) is 29.8 Å². The molecule has 1 aliphatic heterocycles. The molecule has 33 heavy (non-hydrogen) atoms. The average molecular weight is 483 g/mol. The second kappa shape index (κ2) is 7.81. The summed E-state index contributed by atoms with van der Waals surface area (Å²) in [5.74, 6) is 2.59. The number of nitrogens with zero attached hydrogens (tertiary/aromatic N) is 6. The fourth-order valence-corrected chi connectivity index (χ4v) is 5.48. The third kappa shape index (κ3) is 3.76. The van der Waals surface area contributed by atoms with Crippen LogP contribution < -0.4 is 10.2 Å². The van der Waals surface area contributed by atoms with Crippen LogP contribution in [0.15, 0.2) is 30.6 Å². The first kappa shape index (κ1) is 20.6. The van der Waals surface area contributed by atoms with Crippen LogP contribution in [0.2, 0.25) is 4.34 Å². The van der Waals surface area contributed by atoms with Crippen molar-refractivity contribution < 1.29 is 4.79 Å². The molecule has 1 saturated carbocycles. The van der Waals surface area contributed by atoms with Crippen LogP contribution in [-0.2, 0) is 11.2 Å². The third-order valence-electron chi connectivity index (χ3n) is 6.56. The van der Waals surface area contributed by atoms with Gasteiger partial charge in [-0.1, -0.05) is 11.6 Å². The molecule has 0 amide bonds. The van der Waals surface area contributed by atoms with Gasteiger partial charge in [0.2, 0.25) is 5.95 Å². The molecule has 0 bridgehead atoms. The van der Waals surface area contributed by atoms with E-state index in [1.807, 2.05) is 36.2 Å². The van der Waals surface area contributed by atoms with Crippen molar-refractivity contribution in [2.45, 2.75) is 50.5 Å². The van der Waals surface area contributed by atoms with Crippen molar-refractivity contribution in [3.8, 4) is 0 Å². The van der Waals surface area contributed by atoms with E-state index in [0.717, 1.165) is 34.9 Å². The molecule has 11 heteroatoms. The number of anilines is 3. The average Bonchev–Trinajstić information content (AvgIpc) is 3.17. The Balaban J connectivity index is 1.32. The van der Waals surface area contributed by atoms with E-state index >= 15 is 0 Å². The zero-order valence-corrected chi connectivity index (χ0v) is 19.7. The van der Waals surface area contributed by atoms with Crippen molar-refractivity contribution in [3.05, 3.63) is 45.6 Å². The lowest BCUT2D eigenvalue weighted by Crippen LogP contribution is -2.49. The van der Waals surface area contributed by atoms with E-state index < -0.39 is 5.54 Å². The number of thiazole rings is 1. The lowest BCUT2D eigenvalue weighted by Gasteiger charge is -2.33. The molecule has 4 aromatic rings. The van der Waals surface area contributed by atoms with Gasteiger partial charge in [-0.05, 0) is 44.7 Å². The van der Waals surface area contributed by atoms with Crippen LogP contribution in [0.25, 0.3) is 5.52 Å². The standard InChI is InChI=1S/C22H23ClN8OS/c1-22(16(32)11-19-24-12-17(23)33-19)7-3-8-30(22)21-26-20(15-4-2-9-31(15)29-21)25-18-10-14(27-28-18)13-5-6-13/h2,4,9-10,12-13H,3,5-8,11H2,1H3,(H2,25,26,27,28,29)/t22-/m0/s1. The van der Waals surface area contributed by atoms with Gasteiger partial charge in [0.15, 0.2) is 17.4 Å². The zero-order valence-electron chi connectivity index (χ0n) is 18.1. The molecule has 2 fully saturated rings. The Kier molecular flexibility index (Phi) is 4.88. The summed E-state index contributed by atoms with van der Waals surface area (Å²) in [6.07, 6.45) is 7.77. The van der Waals surface area contributed by atoms with E-state index in [1.54, 1.807) is 10.7 Å². The van der Waals surface area contributed by atoms with Crippen molar-refractivity contribution >= 4 is 51.8 Å². The minimum absolute atomic E-state index is 0.0955. The molecular weight excluding hydrogens is 460 g/mol. The molecule has 6 rings (SSSR count). The SMILES string of the molecule is C[C@@]1(C(=O)Cc2ncc(Cl)s2)CCCN1c1nc(Nc2cc(C3CC3)[nH]n2)c2cccn2n1. The molecule has 5 heterocycles. The van der Waals surface area contributed by atoms with Crippen molar-refractivity contribution in [1.29, 1.82) is 0 Å². The first-order chi connectivity index (χ1) is 16.0. The Morgan fingerprint density at radius 1 is 1.42 bits per heavy atom. The molecule has 2 aliphatic rings. The van der Waals surface area contributed by atoms with Gasteiger partial charge in [-0.25, -0.2) is 9.50 Å². The second-order valence-corrected chi connectivity index (χ2v) is 10.6. The minimum Gasteiger partial charge on any atom is -0.327 e. The van der Waals surface area contributed by atoms with Crippen molar-refractivity contribution in [2.24, 2.45) is 0 Å². The van der Waals surface area contributed by atoms with Gasteiger partial charge in [0.1, 0.15) is 14.9 Å². The van der Waals surface area contributed by atoms with Crippen LogP contribution in [0.5, 0.6) is 0 Å². The fourth-order valence-electron chi connectivity index (χ4n) is 4.53. The number of hydrogen-bond donors (Lipinski definition) is 2. The highest BCUT2D eigenvalue weighted by Crippen LogP contribution is 2.40. The number of rotatable bonds is 7. The molecule has 170 valence electrons. The van der Waals surface area contributed by atoms with E-state index in [0.29, 0.717) is 28.6 Å². The number of fused-ring (bicyclic) bond motifs is 1. The number of aromatic nitrogens is 6. The number of H-pyrrole nitrogens is 1. The van der Waals surface area contributed by atoms with Crippen molar-refractivity contribution in [3.63, 3.8) is 0 Å². The largest absolute Gasteiger partial charge is 0.327 e. The number of hydrogen-bond acceptors (Lipinski definition) is 8. The summed E-state index contributed by atoms with van der Waals surface area (Å²) in [5.41, 5.74) is 1.29.